The lowest BCUT2D eigenvalue weighted by Crippen LogP contribution is -2.34. The summed E-state index contributed by atoms with van der Waals surface area (Å²) in [5, 5.41) is 23.4. The highest BCUT2D eigenvalue weighted by Gasteiger charge is 2.17. The zero-order valence-corrected chi connectivity index (χ0v) is 17.2. The Morgan fingerprint density at radius 3 is 2.84 bits per heavy atom. The van der Waals surface area contributed by atoms with Crippen LogP contribution in [0.4, 0.5) is 0 Å². The summed E-state index contributed by atoms with van der Waals surface area (Å²) in [4.78, 5) is 12.7. The van der Waals surface area contributed by atoms with Crippen molar-refractivity contribution in [3.63, 3.8) is 0 Å². The number of aliphatic hydroxyl groups is 1. The number of imidazole rings is 1. The van der Waals surface area contributed by atoms with Gasteiger partial charge in [0.25, 0.3) is 0 Å². The Balaban J connectivity index is 1.29. The van der Waals surface area contributed by atoms with Crippen LogP contribution in [0.15, 0.2) is 53.5 Å². The largest absolute Gasteiger partial charge is 0.493 e. The molecule has 164 valence electrons. The summed E-state index contributed by atoms with van der Waals surface area (Å²) in [6.07, 6.45) is 0.660. The number of nitrogens with zero attached hydrogens (tertiary/aromatic N) is 2. The lowest BCUT2D eigenvalue weighted by atomic mass is 10.2. The minimum Gasteiger partial charge on any atom is -0.493 e. The van der Waals surface area contributed by atoms with Gasteiger partial charge < -0.3 is 29.7 Å². The zero-order chi connectivity index (χ0) is 21.8. The molecule has 0 fully saturated rings. The maximum atomic E-state index is 12.7. The number of aromatic hydroxyl groups is 1. The number of hydrogen-bond acceptors (Lipinski definition) is 7. The number of fused-ring (bicyclic) bond motifs is 1. The molecule has 1 aliphatic rings. The first kappa shape index (κ1) is 20.8. The molecule has 31 heavy (non-hydrogen) atoms. The molecule has 1 aromatic heterocycles. The Morgan fingerprint density at radius 2 is 2.00 bits per heavy atom. The van der Waals surface area contributed by atoms with E-state index in [0.29, 0.717) is 30.3 Å². The van der Waals surface area contributed by atoms with Crippen LogP contribution in [0.3, 0.4) is 0 Å². The third kappa shape index (κ3) is 4.68. The Labute approximate surface area is 179 Å². The molecule has 1 atom stereocenters. The van der Waals surface area contributed by atoms with E-state index in [2.05, 4.69) is 5.32 Å². The van der Waals surface area contributed by atoms with Crippen molar-refractivity contribution in [2.24, 2.45) is 0 Å². The molecule has 0 radical (unpaired) electrons. The van der Waals surface area contributed by atoms with E-state index in [0.717, 1.165) is 11.3 Å². The van der Waals surface area contributed by atoms with Crippen LogP contribution >= 0.6 is 0 Å². The average molecular weight is 427 g/mol. The van der Waals surface area contributed by atoms with Gasteiger partial charge >= 0.3 is 5.69 Å². The van der Waals surface area contributed by atoms with Crippen molar-refractivity contribution >= 4 is 0 Å². The smallest absolute Gasteiger partial charge is 0.335 e. The van der Waals surface area contributed by atoms with Crippen molar-refractivity contribution < 1.29 is 24.4 Å². The van der Waals surface area contributed by atoms with Gasteiger partial charge in [0.1, 0.15) is 18.5 Å². The van der Waals surface area contributed by atoms with Crippen molar-refractivity contribution in [3.8, 4) is 28.8 Å². The first-order valence-corrected chi connectivity index (χ1v) is 10.0. The van der Waals surface area contributed by atoms with Crippen LogP contribution < -0.4 is 25.2 Å². The molecule has 2 heterocycles. The number of hydrogen-bond donors (Lipinski definition) is 3. The maximum Gasteiger partial charge on any atom is 0.335 e. The number of rotatable bonds is 9. The molecule has 4 rings (SSSR count). The zero-order valence-electron chi connectivity index (χ0n) is 17.2. The predicted molar refractivity (Wildman–Crippen MR) is 113 cm³/mol. The van der Waals surface area contributed by atoms with Crippen LogP contribution in [0.5, 0.6) is 23.1 Å². The second-order valence-corrected chi connectivity index (χ2v) is 7.26. The molecule has 1 aliphatic heterocycles. The van der Waals surface area contributed by atoms with Crippen molar-refractivity contribution in [2.75, 3.05) is 26.5 Å². The number of para-hydroxylation sites is 1. The van der Waals surface area contributed by atoms with E-state index < -0.39 is 6.10 Å². The highest BCUT2D eigenvalue weighted by atomic mass is 16.7. The van der Waals surface area contributed by atoms with E-state index in [1.54, 1.807) is 18.2 Å². The van der Waals surface area contributed by atoms with Gasteiger partial charge in [-0.1, -0.05) is 18.2 Å². The van der Waals surface area contributed by atoms with E-state index in [1.165, 1.54) is 15.3 Å². The predicted octanol–water partition coefficient (Wildman–Crippen LogP) is 1.41. The van der Waals surface area contributed by atoms with Gasteiger partial charge in [-0.3, -0.25) is 9.13 Å². The molecular weight excluding hydrogens is 402 g/mol. The minimum atomic E-state index is -0.705. The van der Waals surface area contributed by atoms with E-state index in [4.69, 9.17) is 14.2 Å². The Morgan fingerprint density at radius 1 is 1.19 bits per heavy atom. The molecule has 0 bridgehead atoms. The average Bonchev–Trinajstić information content (AvgIpc) is 3.34. The third-order valence-corrected chi connectivity index (χ3v) is 5.01. The molecule has 2 aromatic carbocycles. The summed E-state index contributed by atoms with van der Waals surface area (Å²) in [5.74, 6) is 1.77. The summed E-state index contributed by atoms with van der Waals surface area (Å²) in [6.45, 7) is 3.18. The number of ether oxygens (including phenoxy) is 3. The van der Waals surface area contributed by atoms with E-state index >= 15 is 0 Å². The molecule has 0 amide bonds. The summed E-state index contributed by atoms with van der Waals surface area (Å²) >= 11 is 0. The quantitative estimate of drug-likeness (QED) is 0.443. The normalized spacial score (nSPS) is 13.4. The summed E-state index contributed by atoms with van der Waals surface area (Å²) < 4.78 is 18.9. The molecule has 9 nitrogen and oxygen atoms in total. The third-order valence-electron chi connectivity index (χ3n) is 5.01. The van der Waals surface area contributed by atoms with Gasteiger partial charge in [0.15, 0.2) is 11.5 Å². The summed E-state index contributed by atoms with van der Waals surface area (Å²) in [6, 6.07) is 12.7. The van der Waals surface area contributed by atoms with Gasteiger partial charge in [0.05, 0.1) is 11.9 Å². The standard InChI is InChI=1S/C22H25N3O6/c1-15-4-2-3-5-18(15)29-13-17(26)11-23-8-9-24-21(27)12-25(22(24)28)16-6-7-19-20(10-16)31-14-30-19/h2-7,10,12,17,23,26-27H,8-9,11,13-14H2,1H3. The second-order valence-electron chi connectivity index (χ2n) is 7.26. The van der Waals surface area contributed by atoms with Crippen LogP contribution in [0.1, 0.15) is 5.56 Å². The fourth-order valence-corrected chi connectivity index (χ4v) is 3.32. The van der Waals surface area contributed by atoms with Crippen LogP contribution in [0.2, 0.25) is 0 Å². The van der Waals surface area contributed by atoms with Crippen LogP contribution in [-0.2, 0) is 6.54 Å². The molecular formula is C22H25N3O6. The van der Waals surface area contributed by atoms with E-state index in [1.807, 2.05) is 31.2 Å². The highest BCUT2D eigenvalue weighted by Crippen LogP contribution is 2.33. The van der Waals surface area contributed by atoms with E-state index in [9.17, 15) is 15.0 Å². The SMILES string of the molecule is Cc1ccccc1OCC(O)CNCCn1c(O)cn(-c2ccc3c(c2)OCO3)c1=O. The van der Waals surface area contributed by atoms with Gasteiger partial charge in [0, 0.05) is 25.7 Å². The first-order chi connectivity index (χ1) is 15.0. The van der Waals surface area contributed by atoms with E-state index in [-0.39, 0.29) is 31.5 Å². The molecule has 3 aromatic rings. The minimum absolute atomic E-state index is 0.145. The highest BCUT2D eigenvalue weighted by molar-refractivity contribution is 5.50. The fourth-order valence-electron chi connectivity index (χ4n) is 3.32. The number of benzene rings is 2. The molecule has 9 heteroatoms. The van der Waals surface area contributed by atoms with Crippen molar-refractivity contribution in [3.05, 3.63) is 64.7 Å². The number of aromatic nitrogens is 2. The number of aliphatic hydroxyl groups excluding tert-OH is 1. The molecule has 0 aliphatic carbocycles. The van der Waals surface area contributed by atoms with Crippen LogP contribution in [0, 0.1) is 6.92 Å². The van der Waals surface area contributed by atoms with Crippen molar-refractivity contribution in [1.82, 2.24) is 14.5 Å². The Bertz CT molecular complexity index is 1110. The maximum absolute atomic E-state index is 12.7. The molecule has 0 saturated heterocycles. The molecule has 1 unspecified atom stereocenters. The topological polar surface area (TPSA) is 107 Å². The Kier molecular flexibility index (Phi) is 6.15. The summed E-state index contributed by atoms with van der Waals surface area (Å²) in [7, 11) is 0. The number of aryl methyl sites for hydroxylation is 1. The monoisotopic (exact) mass is 427 g/mol. The fraction of sp³-hybridized carbons (Fsp3) is 0.318. The summed E-state index contributed by atoms with van der Waals surface area (Å²) in [5.41, 5.74) is 1.20. The molecule has 3 N–H and O–H groups in total. The lowest BCUT2D eigenvalue weighted by molar-refractivity contribution is 0.106. The van der Waals surface area contributed by atoms with Gasteiger partial charge in [-0.05, 0) is 30.7 Å². The van der Waals surface area contributed by atoms with Crippen LogP contribution in [-0.4, -0.2) is 51.9 Å². The van der Waals surface area contributed by atoms with Gasteiger partial charge in [-0.25, -0.2) is 4.79 Å². The second kappa shape index (κ2) is 9.15. The van der Waals surface area contributed by atoms with Gasteiger partial charge in [-0.2, -0.15) is 0 Å². The van der Waals surface area contributed by atoms with Crippen molar-refractivity contribution in [1.29, 1.82) is 0 Å². The van der Waals surface area contributed by atoms with Crippen molar-refractivity contribution in [2.45, 2.75) is 19.6 Å². The molecule has 0 spiro atoms. The number of nitrogens with one attached hydrogen (secondary N) is 1. The van der Waals surface area contributed by atoms with Gasteiger partial charge in [0.2, 0.25) is 12.7 Å². The van der Waals surface area contributed by atoms with Gasteiger partial charge in [-0.15, -0.1) is 0 Å². The lowest BCUT2D eigenvalue weighted by Gasteiger charge is -2.14. The Hall–Kier alpha value is -3.43. The molecule has 0 saturated carbocycles. The van der Waals surface area contributed by atoms with Crippen LogP contribution in [0.25, 0.3) is 5.69 Å². The first-order valence-electron chi connectivity index (χ1n) is 10.0.